The minimum atomic E-state index is -5.54. The maximum absolute atomic E-state index is 12.7. The molecule has 0 nitrogen and oxygen atoms in total. The van der Waals surface area contributed by atoms with Crippen LogP contribution in [-0.2, 0) is 5.92 Å². The third-order valence-corrected chi connectivity index (χ3v) is 2.28. The van der Waals surface area contributed by atoms with Crippen LogP contribution >= 0.6 is 22.6 Å². The van der Waals surface area contributed by atoms with E-state index in [1.165, 1.54) is 12.1 Å². The number of benzene rings is 1. The molecule has 0 bridgehead atoms. The van der Waals surface area contributed by atoms with Crippen LogP contribution in [0.25, 0.3) is 0 Å². The zero-order valence-electron chi connectivity index (χ0n) is 6.58. The molecule has 0 heterocycles. The van der Waals surface area contributed by atoms with E-state index in [4.69, 9.17) is 0 Å². The monoisotopic (exact) mass is 322 g/mol. The molecule has 0 saturated carbocycles. The Bertz CT molecular complexity index is 313. The van der Waals surface area contributed by atoms with Gasteiger partial charge in [0, 0.05) is 9.13 Å². The van der Waals surface area contributed by atoms with E-state index in [9.17, 15) is 22.0 Å². The molecule has 0 aliphatic rings. The molecule has 0 aromatic heterocycles. The van der Waals surface area contributed by atoms with Crippen molar-refractivity contribution in [3.8, 4) is 0 Å². The van der Waals surface area contributed by atoms with Crippen LogP contribution in [0.4, 0.5) is 22.0 Å². The minimum absolute atomic E-state index is 0.601. The molecule has 78 valence electrons. The molecule has 0 unspecified atom stereocenters. The van der Waals surface area contributed by atoms with Gasteiger partial charge in [-0.15, -0.1) is 0 Å². The van der Waals surface area contributed by atoms with Crippen molar-refractivity contribution in [2.75, 3.05) is 0 Å². The third kappa shape index (κ3) is 2.15. The van der Waals surface area contributed by atoms with Gasteiger partial charge in [-0.1, -0.05) is 12.1 Å². The molecule has 0 spiro atoms. The van der Waals surface area contributed by atoms with Crippen molar-refractivity contribution in [2.24, 2.45) is 0 Å². The maximum Gasteiger partial charge on any atom is 0.458 e. The molecule has 0 fully saturated rings. The lowest BCUT2D eigenvalue weighted by Crippen LogP contribution is -2.33. The highest BCUT2D eigenvalue weighted by Gasteiger charge is 2.58. The summed E-state index contributed by atoms with van der Waals surface area (Å²) in [6.45, 7) is 0. The van der Waals surface area contributed by atoms with Crippen molar-refractivity contribution >= 4 is 22.6 Å². The van der Waals surface area contributed by atoms with E-state index >= 15 is 0 Å². The first-order chi connectivity index (χ1) is 6.25. The Morgan fingerprint density at radius 3 is 1.64 bits per heavy atom. The maximum atomic E-state index is 12.7. The molecule has 0 aliphatic heterocycles. The van der Waals surface area contributed by atoms with Crippen molar-refractivity contribution in [1.29, 1.82) is 0 Å². The van der Waals surface area contributed by atoms with E-state index in [1.807, 2.05) is 22.6 Å². The lowest BCUT2D eigenvalue weighted by Gasteiger charge is -2.19. The molecule has 1 aromatic rings. The number of hydrogen-bond donors (Lipinski definition) is 0. The molecule has 0 saturated heterocycles. The zero-order valence-corrected chi connectivity index (χ0v) is 8.73. The Balaban J connectivity index is 3.10. The van der Waals surface area contributed by atoms with Gasteiger partial charge in [-0.05, 0) is 34.7 Å². The standard InChI is InChI=1S/C8H4F5I/c9-7(10,8(11,12)13)5-1-3-6(14)4-2-5/h1-4H. The van der Waals surface area contributed by atoms with Gasteiger partial charge in [0.05, 0.1) is 0 Å². The predicted octanol–water partition coefficient (Wildman–Crippen LogP) is 3.95. The lowest BCUT2D eigenvalue weighted by molar-refractivity contribution is -0.289. The highest BCUT2D eigenvalue weighted by atomic mass is 127. The summed E-state index contributed by atoms with van der Waals surface area (Å²) in [6, 6.07) is 3.95. The Morgan fingerprint density at radius 1 is 0.857 bits per heavy atom. The van der Waals surface area contributed by atoms with Gasteiger partial charge in [0.2, 0.25) is 0 Å². The summed E-state index contributed by atoms with van der Waals surface area (Å²) < 4.78 is 61.5. The average Bonchev–Trinajstić information content (AvgIpc) is 2.03. The van der Waals surface area contributed by atoms with Crippen LogP contribution < -0.4 is 0 Å². The van der Waals surface area contributed by atoms with E-state index in [0.717, 1.165) is 12.1 Å². The van der Waals surface area contributed by atoms with Crippen molar-refractivity contribution < 1.29 is 22.0 Å². The normalized spacial score (nSPS) is 13.0. The SMILES string of the molecule is FC(F)(F)C(F)(F)c1ccc(I)cc1. The van der Waals surface area contributed by atoms with Gasteiger partial charge in [-0.25, -0.2) is 0 Å². The quantitative estimate of drug-likeness (QED) is 0.543. The second kappa shape index (κ2) is 3.63. The second-order valence-corrected chi connectivity index (χ2v) is 3.82. The van der Waals surface area contributed by atoms with Gasteiger partial charge in [-0.3, -0.25) is 0 Å². The first-order valence-electron chi connectivity index (χ1n) is 3.46. The Labute approximate surface area is 90.3 Å². The van der Waals surface area contributed by atoms with Crippen LogP contribution in [0.3, 0.4) is 0 Å². The highest BCUT2D eigenvalue weighted by molar-refractivity contribution is 14.1. The van der Waals surface area contributed by atoms with Crippen LogP contribution in [0, 0.1) is 3.57 Å². The minimum Gasteiger partial charge on any atom is -0.191 e. The average molecular weight is 322 g/mol. The highest BCUT2D eigenvalue weighted by Crippen LogP contribution is 2.43. The molecule has 1 rings (SSSR count). The largest absolute Gasteiger partial charge is 0.458 e. The first-order valence-corrected chi connectivity index (χ1v) is 4.53. The van der Waals surface area contributed by atoms with Crippen LogP contribution in [0.1, 0.15) is 5.56 Å². The van der Waals surface area contributed by atoms with Crippen molar-refractivity contribution in [1.82, 2.24) is 0 Å². The summed E-state index contributed by atoms with van der Waals surface area (Å²) in [5.41, 5.74) is -1.04. The third-order valence-electron chi connectivity index (χ3n) is 1.56. The van der Waals surface area contributed by atoms with Gasteiger partial charge < -0.3 is 0 Å². The Morgan fingerprint density at radius 2 is 1.29 bits per heavy atom. The fraction of sp³-hybridized carbons (Fsp3) is 0.250. The topological polar surface area (TPSA) is 0 Å². The second-order valence-electron chi connectivity index (χ2n) is 2.58. The molecule has 0 N–H and O–H groups in total. The Kier molecular flexibility index (Phi) is 3.03. The predicted molar refractivity (Wildman–Crippen MR) is 49.1 cm³/mol. The number of hydrogen-bond acceptors (Lipinski definition) is 0. The summed E-state index contributed by atoms with van der Waals surface area (Å²) >= 11 is 1.82. The molecular weight excluding hydrogens is 318 g/mol. The number of alkyl halides is 5. The number of halogens is 6. The van der Waals surface area contributed by atoms with E-state index < -0.39 is 17.7 Å². The van der Waals surface area contributed by atoms with Gasteiger partial charge in [-0.2, -0.15) is 22.0 Å². The van der Waals surface area contributed by atoms with Gasteiger partial charge >= 0.3 is 12.1 Å². The van der Waals surface area contributed by atoms with Crippen LogP contribution in [0.2, 0.25) is 0 Å². The molecular formula is C8H4F5I. The first kappa shape index (κ1) is 11.7. The van der Waals surface area contributed by atoms with Crippen LogP contribution in [0.5, 0.6) is 0 Å². The van der Waals surface area contributed by atoms with Gasteiger partial charge in [0.25, 0.3) is 0 Å². The summed E-state index contributed by atoms with van der Waals surface area (Å²) in [4.78, 5) is 0. The van der Waals surface area contributed by atoms with Crippen molar-refractivity contribution in [3.63, 3.8) is 0 Å². The zero-order chi connectivity index (χ0) is 11.0. The fourth-order valence-electron chi connectivity index (χ4n) is 0.823. The van der Waals surface area contributed by atoms with Gasteiger partial charge in [0.15, 0.2) is 0 Å². The summed E-state index contributed by atoms with van der Waals surface area (Å²) in [5.74, 6) is -4.78. The fourth-order valence-corrected chi connectivity index (χ4v) is 1.18. The summed E-state index contributed by atoms with van der Waals surface area (Å²) in [7, 11) is 0. The van der Waals surface area contributed by atoms with E-state index in [1.54, 1.807) is 0 Å². The molecule has 0 amide bonds. The summed E-state index contributed by atoms with van der Waals surface area (Å²) in [5, 5.41) is 0. The molecule has 0 aliphatic carbocycles. The smallest absolute Gasteiger partial charge is 0.191 e. The molecule has 1 aromatic carbocycles. The summed E-state index contributed by atoms with van der Waals surface area (Å²) in [6.07, 6.45) is -5.54. The number of rotatable bonds is 1. The molecule has 0 atom stereocenters. The Hall–Kier alpha value is -0.400. The van der Waals surface area contributed by atoms with Crippen LogP contribution in [-0.4, -0.2) is 6.18 Å². The van der Waals surface area contributed by atoms with E-state index in [2.05, 4.69) is 0 Å². The molecule has 14 heavy (non-hydrogen) atoms. The molecule has 6 heteroatoms. The van der Waals surface area contributed by atoms with Crippen molar-refractivity contribution in [2.45, 2.75) is 12.1 Å². The van der Waals surface area contributed by atoms with E-state index in [-0.39, 0.29) is 0 Å². The van der Waals surface area contributed by atoms with Crippen molar-refractivity contribution in [3.05, 3.63) is 33.4 Å². The van der Waals surface area contributed by atoms with E-state index in [0.29, 0.717) is 3.57 Å². The lowest BCUT2D eigenvalue weighted by atomic mass is 10.1. The van der Waals surface area contributed by atoms with Crippen LogP contribution in [0.15, 0.2) is 24.3 Å². The molecule has 0 radical (unpaired) electrons. The van der Waals surface area contributed by atoms with Gasteiger partial charge in [0.1, 0.15) is 0 Å².